The summed E-state index contributed by atoms with van der Waals surface area (Å²) in [5, 5.41) is 3.72. The van der Waals surface area contributed by atoms with Crippen LogP contribution in [0.3, 0.4) is 0 Å². The van der Waals surface area contributed by atoms with Gasteiger partial charge in [0, 0.05) is 25.1 Å². The molecule has 0 saturated carbocycles. The normalized spacial score (nSPS) is 23.2. The first kappa shape index (κ1) is 19.5. The highest BCUT2D eigenvalue weighted by atomic mass is 16.5. The lowest BCUT2D eigenvalue weighted by molar-refractivity contribution is 0.147. The van der Waals surface area contributed by atoms with Gasteiger partial charge in [-0.2, -0.15) is 0 Å². The summed E-state index contributed by atoms with van der Waals surface area (Å²) in [6.07, 6.45) is 2.51. The van der Waals surface area contributed by atoms with E-state index in [1.54, 1.807) is 20.4 Å². The second-order valence-corrected chi connectivity index (χ2v) is 7.46. The number of methoxy groups -OCH3 is 2. The molecule has 3 N–H and O–H groups in total. The number of dihydropyridines is 1. The molecule has 0 aliphatic carbocycles. The molecule has 2 aromatic carbocycles. The number of aliphatic imine (C=N–C) groups is 1. The fourth-order valence-electron chi connectivity index (χ4n) is 4.01. The van der Waals surface area contributed by atoms with Crippen LogP contribution in [0.1, 0.15) is 11.1 Å². The molecular formula is C23H27N3O3. The molecule has 0 radical (unpaired) electrons. The molecule has 1 saturated heterocycles. The summed E-state index contributed by atoms with van der Waals surface area (Å²) < 4.78 is 16.3. The van der Waals surface area contributed by atoms with E-state index >= 15 is 0 Å². The minimum absolute atomic E-state index is 0.104. The van der Waals surface area contributed by atoms with Gasteiger partial charge in [0.05, 0.1) is 33.1 Å². The largest absolute Gasteiger partial charge is 0.497 e. The van der Waals surface area contributed by atoms with Gasteiger partial charge in [-0.15, -0.1) is 0 Å². The second kappa shape index (κ2) is 8.27. The molecular weight excluding hydrogens is 366 g/mol. The summed E-state index contributed by atoms with van der Waals surface area (Å²) in [5.41, 5.74) is 9.90. The quantitative estimate of drug-likeness (QED) is 0.756. The summed E-state index contributed by atoms with van der Waals surface area (Å²) in [7, 11) is 3.35. The van der Waals surface area contributed by atoms with Gasteiger partial charge in [0.15, 0.2) is 0 Å². The Morgan fingerprint density at radius 1 is 1.03 bits per heavy atom. The average Bonchev–Trinajstić information content (AvgIpc) is 3.27. The fraction of sp³-hybridized carbons (Fsp3) is 0.348. The number of nitrogens with two attached hydrogens (primary N) is 1. The van der Waals surface area contributed by atoms with Gasteiger partial charge in [-0.25, -0.2) is 0 Å². The minimum Gasteiger partial charge on any atom is -0.497 e. The van der Waals surface area contributed by atoms with Crippen LogP contribution in [-0.2, 0) is 17.7 Å². The molecule has 0 aromatic heterocycles. The van der Waals surface area contributed by atoms with E-state index in [4.69, 9.17) is 24.9 Å². The number of allylic oxidation sites excluding steroid dienone is 1. The topological polar surface area (TPSA) is 78.1 Å². The Hall–Kier alpha value is -2.83. The lowest BCUT2D eigenvalue weighted by Crippen LogP contribution is -2.54. The van der Waals surface area contributed by atoms with Gasteiger partial charge >= 0.3 is 0 Å². The Morgan fingerprint density at radius 2 is 1.66 bits per heavy atom. The Bertz CT molecular complexity index is 906. The Kier molecular flexibility index (Phi) is 5.56. The summed E-state index contributed by atoms with van der Waals surface area (Å²) >= 11 is 0. The van der Waals surface area contributed by atoms with Crippen molar-refractivity contribution in [2.75, 3.05) is 27.4 Å². The third kappa shape index (κ3) is 3.99. The zero-order valence-electron chi connectivity index (χ0n) is 16.9. The highest BCUT2D eigenvalue weighted by molar-refractivity contribution is 5.80. The number of fused-ring (bicyclic) bond motifs is 1. The maximum atomic E-state index is 6.20. The molecule has 1 fully saturated rings. The molecule has 6 nitrogen and oxygen atoms in total. The number of rotatable bonds is 7. The van der Waals surface area contributed by atoms with Crippen molar-refractivity contribution in [2.24, 2.45) is 16.6 Å². The Morgan fingerprint density at radius 3 is 2.28 bits per heavy atom. The summed E-state index contributed by atoms with van der Waals surface area (Å²) in [6.45, 7) is 1.86. The molecule has 2 heterocycles. The van der Waals surface area contributed by atoms with Crippen molar-refractivity contribution in [1.29, 1.82) is 0 Å². The van der Waals surface area contributed by atoms with Crippen molar-refractivity contribution >= 4 is 6.21 Å². The first-order chi connectivity index (χ1) is 14.1. The molecule has 2 aliphatic heterocycles. The van der Waals surface area contributed by atoms with Crippen molar-refractivity contribution < 1.29 is 14.2 Å². The van der Waals surface area contributed by atoms with Crippen LogP contribution in [-0.4, -0.2) is 39.3 Å². The van der Waals surface area contributed by atoms with Crippen molar-refractivity contribution in [3.63, 3.8) is 0 Å². The number of ether oxygens (including phenoxy) is 3. The molecule has 4 rings (SSSR count). The van der Waals surface area contributed by atoms with E-state index in [1.165, 1.54) is 5.56 Å². The first-order valence-electron chi connectivity index (χ1n) is 9.76. The molecule has 152 valence electrons. The number of nitrogens with one attached hydrogen (secondary N) is 1. The number of benzene rings is 2. The van der Waals surface area contributed by atoms with E-state index in [-0.39, 0.29) is 5.92 Å². The predicted octanol–water partition coefficient (Wildman–Crippen LogP) is 2.68. The number of hydrogen-bond donors (Lipinski definition) is 2. The monoisotopic (exact) mass is 393 g/mol. The predicted molar refractivity (Wildman–Crippen MR) is 113 cm³/mol. The summed E-state index contributed by atoms with van der Waals surface area (Å²) in [5.74, 6) is 1.79. The standard InChI is InChI=1S/C23H27N3O3/c1-27-18-7-3-16(4-8-18)11-23(21-15-29-14-20(21)22(24)13-26-23)25-12-17-5-9-19(28-2)10-6-17/h3-10,13,21,25H,11-12,14-15,24H2,1-2H3. The van der Waals surface area contributed by atoms with E-state index < -0.39 is 5.66 Å². The third-order valence-electron chi connectivity index (χ3n) is 5.73. The Balaban J connectivity index is 1.60. The van der Waals surface area contributed by atoms with Crippen LogP contribution in [0.25, 0.3) is 0 Å². The number of hydrogen-bond acceptors (Lipinski definition) is 6. The lowest BCUT2D eigenvalue weighted by Gasteiger charge is -2.39. The van der Waals surface area contributed by atoms with Gasteiger partial charge in [0.25, 0.3) is 0 Å². The van der Waals surface area contributed by atoms with Crippen LogP contribution < -0.4 is 20.5 Å². The highest BCUT2D eigenvalue weighted by Gasteiger charge is 2.45. The summed E-state index contributed by atoms with van der Waals surface area (Å²) in [6, 6.07) is 16.2. The van der Waals surface area contributed by atoms with Gasteiger partial charge in [-0.3, -0.25) is 10.3 Å². The van der Waals surface area contributed by atoms with E-state index in [2.05, 4.69) is 29.6 Å². The molecule has 29 heavy (non-hydrogen) atoms. The van der Waals surface area contributed by atoms with Crippen LogP contribution >= 0.6 is 0 Å². The van der Waals surface area contributed by atoms with Crippen LogP contribution in [0.2, 0.25) is 0 Å². The molecule has 0 bridgehead atoms. The van der Waals surface area contributed by atoms with Crippen molar-refractivity contribution in [3.8, 4) is 11.5 Å². The summed E-state index contributed by atoms with van der Waals surface area (Å²) in [4.78, 5) is 4.92. The van der Waals surface area contributed by atoms with Gasteiger partial charge in [-0.05, 0) is 41.0 Å². The van der Waals surface area contributed by atoms with Crippen molar-refractivity contribution in [1.82, 2.24) is 5.32 Å². The fourth-order valence-corrected chi connectivity index (χ4v) is 4.01. The van der Waals surface area contributed by atoms with E-state index in [0.717, 1.165) is 34.8 Å². The first-order valence-corrected chi connectivity index (χ1v) is 9.76. The van der Waals surface area contributed by atoms with Gasteiger partial charge in [0.1, 0.15) is 17.2 Å². The number of nitrogens with zero attached hydrogens (tertiary/aromatic N) is 1. The van der Waals surface area contributed by atoms with Gasteiger partial charge in [0.2, 0.25) is 0 Å². The molecule has 2 atom stereocenters. The zero-order chi connectivity index (χ0) is 20.3. The van der Waals surface area contributed by atoms with Gasteiger partial charge in [-0.1, -0.05) is 24.3 Å². The van der Waals surface area contributed by atoms with Crippen molar-refractivity contribution in [3.05, 3.63) is 70.9 Å². The van der Waals surface area contributed by atoms with Crippen LogP contribution in [0.4, 0.5) is 0 Å². The third-order valence-corrected chi connectivity index (χ3v) is 5.73. The lowest BCUT2D eigenvalue weighted by atomic mass is 9.81. The molecule has 0 spiro atoms. The van der Waals surface area contributed by atoms with Crippen LogP contribution in [0.5, 0.6) is 11.5 Å². The second-order valence-electron chi connectivity index (χ2n) is 7.46. The van der Waals surface area contributed by atoms with Crippen molar-refractivity contribution in [2.45, 2.75) is 18.6 Å². The Labute approximate surface area is 171 Å². The minimum atomic E-state index is -0.511. The smallest absolute Gasteiger partial charge is 0.124 e. The maximum absolute atomic E-state index is 6.20. The van der Waals surface area contributed by atoms with E-state index in [1.807, 2.05) is 24.3 Å². The highest BCUT2D eigenvalue weighted by Crippen LogP contribution is 2.38. The maximum Gasteiger partial charge on any atom is 0.124 e. The average molecular weight is 393 g/mol. The molecule has 2 aromatic rings. The molecule has 0 amide bonds. The SMILES string of the molecule is COc1ccc(CNC2(Cc3ccc(OC)cc3)N=CC(N)=C3COCC32)cc1. The molecule has 2 aliphatic rings. The van der Waals surface area contributed by atoms with Crippen LogP contribution in [0.15, 0.2) is 64.8 Å². The van der Waals surface area contributed by atoms with E-state index in [9.17, 15) is 0 Å². The van der Waals surface area contributed by atoms with E-state index in [0.29, 0.717) is 19.8 Å². The molecule has 2 unspecified atom stereocenters. The molecule has 6 heteroatoms. The van der Waals surface area contributed by atoms with Crippen LogP contribution in [0, 0.1) is 5.92 Å². The van der Waals surface area contributed by atoms with Gasteiger partial charge < -0.3 is 19.9 Å². The zero-order valence-corrected chi connectivity index (χ0v) is 16.9.